The monoisotopic (exact) mass is 150 g/mol. The van der Waals surface area contributed by atoms with Crippen LogP contribution in [0.5, 0.6) is 0 Å². The first kappa shape index (κ1) is 9.63. The normalized spacial score (nSPS) is 8.67. The SMILES string of the molecule is Cc1ccc(C[S-])o1.[Na+]. The molecule has 1 rings (SSSR count). The smallest absolute Gasteiger partial charge is 0.785 e. The first-order valence-electron chi connectivity index (χ1n) is 2.46. The van der Waals surface area contributed by atoms with Crippen molar-refractivity contribution in [1.29, 1.82) is 0 Å². The van der Waals surface area contributed by atoms with Crippen molar-refractivity contribution < 1.29 is 34.0 Å². The Labute approximate surface area is 82.5 Å². The van der Waals surface area contributed by atoms with Crippen LogP contribution in [0.25, 0.3) is 0 Å². The van der Waals surface area contributed by atoms with Crippen LogP contribution in [-0.2, 0) is 18.4 Å². The van der Waals surface area contributed by atoms with Gasteiger partial charge in [-0.1, -0.05) is 0 Å². The standard InChI is InChI=1S/C6H8OS.Na/c1-5-2-3-6(4-8)7-5;/h2-3,8H,4H2,1H3;/q;+1/p-1. The summed E-state index contributed by atoms with van der Waals surface area (Å²) >= 11 is 4.74. The van der Waals surface area contributed by atoms with Crippen molar-refractivity contribution in [1.82, 2.24) is 0 Å². The minimum absolute atomic E-state index is 0. The van der Waals surface area contributed by atoms with Crippen LogP contribution >= 0.6 is 0 Å². The Morgan fingerprint density at radius 2 is 2.22 bits per heavy atom. The molecule has 9 heavy (non-hydrogen) atoms. The van der Waals surface area contributed by atoms with Crippen LogP contribution in [0.15, 0.2) is 16.5 Å². The minimum Gasteiger partial charge on any atom is -0.785 e. The van der Waals surface area contributed by atoms with Crippen LogP contribution in [0.4, 0.5) is 0 Å². The summed E-state index contributed by atoms with van der Waals surface area (Å²) in [7, 11) is 0. The molecule has 0 saturated heterocycles. The molecule has 0 spiro atoms. The average Bonchev–Trinajstić information content (AvgIpc) is 2.14. The van der Waals surface area contributed by atoms with Gasteiger partial charge >= 0.3 is 29.6 Å². The fourth-order valence-electron chi connectivity index (χ4n) is 0.563. The van der Waals surface area contributed by atoms with E-state index in [-0.39, 0.29) is 29.6 Å². The van der Waals surface area contributed by atoms with E-state index in [1.165, 1.54) is 0 Å². The van der Waals surface area contributed by atoms with Gasteiger partial charge in [0.1, 0.15) is 5.76 Å². The molecule has 44 valence electrons. The topological polar surface area (TPSA) is 13.1 Å². The maximum atomic E-state index is 5.13. The molecule has 0 aromatic carbocycles. The number of hydrogen-bond donors (Lipinski definition) is 0. The zero-order valence-electron chi connectivity index (χ0n) is 5.68. The number of aryl methyl sites for hydroxylation is 1. The third kappa shape index (κ3) is 2.80. The summed E-state index contributed by atoms with van der Waals surface area (Å²) in [5, 5.41) is 0. The number of hydrogen-bond acceptors (Lipinski definition) is 2. The van der Waals surface area contributed by atoms with Gasteiger partial charge in [-0.2, -0.15) is 0 Å². The van der Waals surface area contributed by atoms with Gasteiger partial charge < -0.3 is 17.0 Å². The van der Waals surface area contributed by atoms with Crippen LogP contribution in [0.2, 0.25) is 0 Å². The summed E-state index contributed by atoms with van der Waals surface area (Å²) in [5.74, 6) is 2.40. The van der Waals surface area contributed by atoms with E-state index in [4.69, 9.17) is 17.0 Å². The van der Waals surface area contributed by atoms with Crippen molar-refractivity contribution in [3.63, 3.8) is 0 Å². The molecule has 0 fully saturated rings. The molecule has 0 aliphatic heterocycles. The van der Waals surface area contributed by atoms with Crippen LogP contribution in [0.3, 0.4) is 0 Å². The maximum Gasteiger partial charge on any atom is 1.00 e. The number of furan rings is 1. The van der Waals surface area contributed by atoms with Crippen molar-refractivity contribution >= 4 is 12.6 Å². The molecule has 0 saturated carbocycles. The first-order chi connectivity index (χ1) is 3.83. The summed E-state index contributed by atoms with van der Waals surface area (Å²) in [6.07, 6.45) is 0. The van der Waals surface area contributed by atoms with E-state index in [1.54, 1.807) is 0 Å². The third-order valence-corrected chi connectivity index (χ3v) is 1.22. The van der Waals surface area contributed by atoms with Gasteiger partial charge in [-0.25, -0.2) is 0 Å². The summed E-state index contributed by atoms with van der Waals surface area (Å²) in [6.45, 7) is 1.91. The fourth-order valence-corrected chi connectivity index (χ4v) is 0.718. The zero-order chi connectivity index (χ0) is 5.98. The molecule has 3 heteroatoms. The van der Waals surface area contributed by atoms with E-state index in [2.05, 4.69) is 0 Å². The van der Waals surface area contributed by atoms with Gasteiger partial charge in [-0.15, -0.1) is 5.75 Å². The molecule has 1 nitrogen and oxygen atoms in total. The van der Waals surface area contributed by atoms with Crippen molar-refractivity contribution in [2.75, 3.05) is 0 Å². The Morgan fingerprint density at radius 1 is 1.56 bits per heavy atom. The second kappa shape index (κ2) is 4.45. The molecular weight excluding hydrogens is 143 g/mol. The molecule has 0 N–H and O–H groups in total. The van der Waals surface area contributed by atoms with E-state index < -0.39 is 0 Å². The Kier molecular flexibility index (Phi) is 4.76. The largest absolute Gasteiger partial charge is 1.00 e. The van der Waals surface area contributed by atoms with E-state index in [0.29, 0.717) is 5.75 Å². The van der Waals surface area contributed by atoms with Crippen molar-refractivity contribution in [3.8, 4) is 0 Å². The second-order valence-electron chi connectivity index (χ2n) is 1.66. The first-order valence-corrected chi connectivity index (χ1v) is 3.04. The molecule has 0 aliphatic carbocycles. The van der Waals surface area contributed by atoms with Crippen molar-refractivity contribution in [2.24, 2.45) is 0 Å². The quantitative estimate of drug-likeness (QED) is 0.362. The molecule has 0 atom stereocenters. The predicted octanol–water partition coefficient (Wildman–Crippen LogP) is -1.36. The second-order valence-corrected chi connectivity index (χ2v) is 1.95. The van der Waals surface area contributed by atoms with Crippen molar-refractivity contribution in [2.45, 2.75) is 12.7 Å². The summed E-state index contributed by atoms with van der Waals surface area (Å²) in [6, 6.07) is 3.82. The van der Waals surface area contributed by atoms with Gasteiger partial charge in [0, 0.05) is 0 Å². The molecule has 0 bridgehead atoms. The maximum absolute atomic E-state index is 5.13. The predicted molar refractivity (Wildman–Crippen MR) is 34.5 cm³/mol. The molecular formula is C6H7NaOS. The van der Waals surface area contributed by atoms with Crippen molar-refractivity contribution in [3.05, 3.63) is 23.7 Å². The summed E-state index contributed by atoms with van der Waals surface area (Å²) in [4.78, 5) is 0. The summed E-state index contributed by atoms with van der Waals surface area (Å²) in [5.41, 5.74) is 0. The van der Waals surface area contributed by atoms with Crippen LogP contribution in [-0.4, -0.2) is 0 Å². The molecule has 0 unspecified atom stereocenters. The average molecular weight is 150 g/mol. The van der Waals surface area contributed by atoms with Crippen LogP contribution < -0.4 is 29.6 Å². The van der Waals surface area contributed by atoms with Gasteiger partial charge in [-0.05, 0) is 19.1 Å². The number of rotatable bonds is 1. The third-order valence-electron chi connectivity index (χ3n) is 0.938. The van der Waals surface area contributed by atoms with Gasteiger partial charge in [0.2, 0.25) is 0 Å². The fraction of sp³-hybridized carbons (Fsp3) is 0.333. The Hall–Kier alpha value is 0.630. The molecule has 1 aromatic heterocycles. The molecule has 1 aromatic rings. The summed E-state index contributed by atoms with van der Waals surface area (Å²) < 4.78 is 5.13. The van der Waals surface area contributed by atoms with Gasteiger partial charge in [-0.3, -0.25) is 0 Å². The molecule has 0 aliphatic rings. The Balaban J connectivity index is 0.000000640. The molecule has 1 heterocycles. The van der Waals surface area contributed by atoms with E-state index >= 15 is 0 Å². The van der Waals surface area contributed by atoms with Gasteiger partial charge in [0.25, 0.3) is 0 Å². The van der Waals surface area contributed by atoms with Crippen LogP contribution in [0.1, 0.15) is 11.5 Å². The van der Waals surface area contributed by atoms with E-state index in [9.17, 15) is 0 Å². The van der Waals surface area contributed by atoms with E-state index in [0.717, 1.165) is 11.5 Å². The minimum atomic E-state index is 0. The van der Waals surface area contributed by atoms with Gasteiger partial charge in [0.05, 0.1) is 5.76 Å². The Morgan fingerprint density at radius 3 is 2.44 bits per heavy atom. The van der Waals surface area contributed by atoms with E-state index in [1.807, 2.05) is 19.1 Å². The molecule has 0 amide bonds. The Bertz CT molecular complexity index is 173. The zero-order valence-corrected chi connectivity index (χ0v) is 8.49. The van der Waals surface area contributed by atoms with Crippen LogP contribution in [0, 0.1) is 6.92 Å². The molecule has 0 radical (unpaired) electrons. The van der Waals surface area contributed by atoms with Gasteiger partial charge in [0.15, 0.2) is 0 Å².